The Hall–Kier alpha value is -1.62. The first kappa shape index (κ1) is 13.8. The Morgan fingerprint density at radius 2 is 2.05 bits per heavy atom. The quantitative estimate of drug-likeness (QED) is 0.816. The van der Waals surface area contributed by atoms with Crippen molar-refractivity contribution in [2.24, 2.45) is 0 Å². The monoisotopic (exact) mass is 264 g/mol. The van der Waals surface area contributed by atoms with Crippen LogP contribution in [0, 0.1) is 0 Å². The average molecular weight is 264 g/mol. The first-order chi connectivity index (χ1) is 8.96. The maximum absolute atomic E-state index is 12.3. The van der Waals surface area contributed by atoms with Crippen LogP contribution in [0.3, 0.4) is 0 Å². The molecule has 104 valence electrons. The van der Waals surface area contributed by atoms with Crippen LogP contribution in [0.1, 0.15) is 31.3 Å². The van der Waals surface area contributed by atoms with Crippen molar-refractivity contribution in [3.8, 4) is 5.75 Å². The second-order valence-electron chi connectivity index (χ2n) is 5.50. The molecule has 0 aromatic carbocycles. The van der Waals surface area contributed by atoms with Crippen LogP contribution < -0.4 is 4.74 Å². The number of hydrogen-bond acceptors (Lipinski definition) is 4. The molecule has 2 rings (SSSR count). The average Bonchev–Trinajstić information content (AvgIpc) is 2.37. The van der Waals surface area contributed by atoms with Gasteiger partial charge in [-0.25, -0.2) is 0 Å². The summed E-state index contributed by atoms with van der Waals surface area (Å²) in [6.45, 7) is 8.31. The van der Waals surface area contributed by atoms with Gasteiger partial charge in [0.2, 0.25) is 0 Å². The van der Waals surface area contributed by atoms with Gasteiger partial charge in [0.15, 0.2) is 0 Å². The second-order valence-corrected chi connectivity index (χ2v) is 5.50. The van der Waals surface area contributed by atoms with Crippen LogP contribution in [0.2, 0.25) is 0 Å². The number of aromatic nitrogens is 1. The molecule has 1 amide bonds. The van der Waals surface area contributed by atoms with Gasteiger partial charge in [-0.05, 0) is 26.8 Å². The van der Waals surface area contributed by atoms with Crippen LogP contribution >= 0.6 is 0 Å². The van der Waals surface area contributed by atoms with Gasteiger partial charge in [-0.15, -0.1) is 0 Å². The van der Waals surface area contributed by atoms with Crippen molar-refractivity contribution in [3.63, 3.8) is 0 Å². The smallest absolute Gasteiger partial charge is 0.272 e. The number of nitrogens with zero attached hydrogens (tertiary/aromatic N) is 2. The summed E-state index contributed by atoms with van der Waals surface area (Å²) in [5.74, 6) is 0.599. The zero-order chi connectivity index (χ0) is 13.9. The Morgan fingerprint density at radius 1 is 1.37 bits per heavy atom. The van der Waals surface area contributed by atoms with E-state index >= 15 is 0 Å². The van der Waals surface area contributed by atoms with Gasteiger partial charge in [0.05, 0.1) is 13.2 Å². The lowest BCUT2D eigenvalue weighted by atomic mass is 10.2. The molecule has 0 aliphatic carbocycles. The number of morpholine rings is 1. The van der Waals surface area contributed by atoms with Crippen LogP contribution in [0.4, 0.5) is 0 Å². The van der Waals surface area contributed by atoms with Gasteiger partial charge < -0.3 is 14.4 Å². The van der Waals surface area contributed by atoms with Gasteiger partial charge in [0.25, 0.3) is 5.91 Å². The van der Waals surface area contributed by atoms with Crippen LogP contribution in [-0.2, 0) is 4.74 Å². The summed E-state index contributed by atoms with van der Waals surface area (Å²) in [5.41, 5.74) is 0.129. The lowest BCUT2D eigenvalue weighted by Gasteiger charge is -2.27. The standard InChI is InChI=1S/C14H20N2O3/c1-14(2,3)19-11-4-5-15-12(10-11)13(17)16-6-8-18-9-7-16/h4-5,10H,6-9H2,1-3H3. The van der Waals surface area contributed by atoms with E-state index in [1.165, 1.54) is 0 Å². The molecule has 0 saturated carbocycles. The fourth-order valence-corrected chi connectivity index (χ4v) is 1.87. The fraction of sp³-hybridized carbons (Fsp3) is 0.571. The van der Waals surface area contributed by atoms with Crippen molar-refractivity contribution in [2.75, 3.05) is 26.3 Å². The normalized spacial score (nSPS) is 16.3. The van der Waals surface area contributed by atoms with Crippen molar-refractivity contribution in [3.05, 3.63) is 24.0 Å². The molecule has 1 aliphatic rings. The van der Waals surface area contributed by atoms with E-state index in [0.717, 1.165) is 0 Å². The Bertz CT molecular complexity index is 448. The highest BCUT2D eigenvalue weighted by Crippen LogP contribution is 2.19. The lowest BCUT2D eigenvalue weighted by Crippen LogP contribution is -2.41. The van der Waals surface area contributed by atoms with Gasteiger partial charge in [-0.3, -0.25) is 9.78 Å². The number of hydrogen-bond donors (Lipinski definition) is 0. The summed E-state index contributed by atoms with van der Waals surface area (Å²) < 4.78 is 11.0. The molecular formula is C14H20N2O3. The first-order valence-corrected chi connectivity index (χ1v) is 6.48. The molecule has 5 heteroatoms. The largest absolute Gasteiger partial charge is 0.488 e. The molecule has 2 heterocycles. The van der Waals surface area contributed by atoms with Gasteiger partial charge in [0.1, 0.15) is 17.0 Å². The zero-order valence-corrected chi connectivity index (χ0v) is 11.7. The van der Waals surface area contributed by atoms with Gasteiger partial charge in [0, 0.05) is 25.4 Å². The number of rotatable bonds is 2. The van der Waals surface area contributed by atoms with Gasteiger partial charge in [-0.2, -0.15) is 0 Å². The summed E-state index contributed by atoms with van der Waals surface area (Å²) in [7, 11) is 0. The highest BCUT2D eigenvalue weighted by atomic mass is 16.5. The molecule has 1 fully saturated rings. The SMILES string of the molecule is CC(C)(C)Oc1ccnc(C(=O)N2CCOCC2)c1. The summed E-state index contributed by atoms with van der Waals surface area (Å²) in [6.07, 6.45) is 1.61. The molecule has 19 heavy (non-hydrogen) atoms. The van der Waals surface area contributed by atoms with Crippen molar-refractivity contribution in [1.82, 2.24) is 9.88 Å². The minimum absolute atomic E-state index is 0.0670. The van der Waals surface area contributed by atoms with E-state index in [1.54, 1.807) is 23.2 Å². The predicted molar refractivity (Wildman–Crippen MR) is 71.3 cm³/mol. The molecule has 0 spiro atoms. The van der Waals surface area contributed by atoms with E-state index in [4.69, 9.17) is 9.47 Å². The minimum atomic E-state index is -0.291. The Balaban J connectivity index is 2.11. The molecule has 5 nitrogen and oxygen atoms in total. The third kappa shape index (κ3) is 3.92. The maximum Gasteiger partial charge on any atom is 0.272 e. The molecule has 1 aromatic heterocycles. The first-order valence-electron chi connectivity index (χ1n) is 6.48. The fourth-order valence-electron chi connectivity index (χ4n) is 1.87. The van der Waals surface area contributed by atoms with Crippen molar-refractivity contribution in [2.45, 2.75) is 26.4 Å². The van der Waals surface area contributed by atoms with E-state index < -0.39 is 0 Å². The van der Waals surface area contributed by atoms with Crippen LogP contribution in [0.5, 0.6) is 5.75 Å². The van der Waals surface area contributed by atoms with Gasteiger partial charge in [-0.1, -0.05) is 0 Å². The zero-order valence-electron chi connectivity index (χ0n) is 11.7. The molecular weight excluding hydrogens is 244 g/mol. The number of pyridine rings is 1. The van der Waals surface area contributed by atoms with Gasteiger partial charge >= 0.3 is 0 Å². The topological polar surface area (TPSA) is 51.7 Å². The molecule has 0 atom stereocenters. The van der Waals surface area contributed by atoms with Crippen LogP contribution in [0.15, 0.2) is 18.3 Å². The minimum Gasteiger partial charge on any atom is -0.488 e. The van der Waals surface area contributed by atoms with Crippen molar-refractivity contribution in [1.29, 1.82) is 0 Å². The van der Waals surface area contributed by atoms with E-state index in [9.17, 15) is 4.79 Å². The van der Waals surface area contributed by atoms with E-state index in [-0.39, 0.29) is 11.5 Å². The second kappa shape index (κ2) is 5.57. The highest BCUT2D eigenvalue weighted by Gasteiger charge is 2.20. The highest BCUT2D eigenvalue weighted by molar-refractivity contribution is 5.92. The molecule has 0 unspecified atom stereocenters. The number of amides is 1. The van der Waals surface area contributed by atoms with Crippen molar-refractivity contribution < 1.29 is 14.3 Å². The number of ether oxygens (including phenoxy) is 2. The summed E-state index contributed by atoms with van der Waals surface area (Å²) >= 11 is 0. The van der Waals surface area contributed by atoms with Crippen LogP contribution in [-0.4, -0.2) is 47.7 Å². The van der Waals surface area contributed by atoms with Crippen LogP contribution in [0.25, 0.3) is 0 Å². The number of carbonyl (C=O) groups excluding carboxylic acids is 1. The summed E-state index contributed by atoms with van der Waals surface area (Å²) in [6, 6.07) is 3.46. The van der Waals surface area contributed by atoms with E-state index in [1.807, 2.05) is 20.8 Å². The molecule has 1 aliphatic heterocycles. The maximum atomic E-state index is 12.3. The molecule has 1 saturated heterocycles. The molecule has 1 aromatic rings. The van der Waals surface area contributed by atoms with E-state index in [2.05, 4.69) is 4.98 Å². The third-order valence-corrected chi connectivity index (χ3v) is 2.67. The summed E-state index contributed by atoms with van der Waals surface area (Å²) in [5, 5.41) is 0. The molecule has 0 bridgehead atoms. The Labute approximate surface area is 113 Å². The Morgan fingerprint density at radius 3 is 2.68 bits per heavy atom. The predicted octanol–water partition coefficient (Wildman–Crippen LogP) is 1.73. The third-order valence-electron chi connectivity index (χ3n) is 2.67. The van der Waals surface area contributed by atoms with Crippen molar-refractivity contribution >= 4 is 5.91 Å². The lowest BCUT2D eigenvalue weighted by molar-refractivity contribution is 0.0298. The molecule has 0 N–H and O–H groups in total. The van der Waals surface area contributed by atoms with E-state index in [0.29, 0.717) is 37.7 Å². The Kier molecular flexibility index (Phi) is 4.04. The molecule has 0 radical (unpaired) electrons. The summed E-state index contributed by atoms with van der Waals surface area (Å²) in [4.78, 5) is 18.2. The number of carbonyl (C=O) groups is 1.